The largest absolute Gasteiger partial charge is 0.372 e. The van der Waals surface area contributed by atoms with Crippen molar-refractivity contribution in [1.82, 2.24) is 14.7 Å². The van der Waals surface area contributed by atoms with Gasteiger partial charge in [-0.05, 0) is 7.05 Å². The SMILES string of the molecule is CNc1cncc(NCCS(=O)(=O)NC)n1. The Kier molecular flexibility index (Phi) is 4.44. The van der Waals surface area contributed by atoms with E-state index < -0.39 is 10.0 Å². The van der Waals surface area contributed by atoms with E-state index in [1.807, 2.05) is 0 Å². The molecule has 1 aromatic heterocycles. The summed E-state index contributed by atoms with van der Waals surface area (Å²) < 4.78 is 24.5. The molecule has 0 aromatic carbocycles. The summed E-state index contributed by atoms with van der Waals surface area (Å²) in [6.07, 6.45) is 3.11. The van der Waals surface area contributed by atoms with Crippen molar-refractivity contribution in [2.75, 3.05) is 37.0 Å². The topological polar surface area (TPSA) is 96.0 Å². The van der Waals surface area contributed by atoms with Crippen LogP contribution in [-0.4, -0.2) is 44.8 Å². The van der Waals surface area contributed by atoms with Crippen LogP contribution in [0.5, 0.6) is 0 Å². The first-order chi connectivity index (χ1) is 7.57. The van der Waals surface area contributed by atoms with Gasteiger partial charge in [0.05, 0.1) is 18.1 Å². The summed E-state index contributed by atoms with van der Waals surface area (Å²) in [5, 5.41) is 5.72. The molecule has 8 heteroatoms. The quantitative estimate of drug-likeness (QED) is 0.624. The van der Waals surface area contributed by atoms with Crippen LogP contribution in [0.1, 0.15) is 0 Å². The van der Waals surface area contributed by atoms with Crippen LogP contribution in [0.15, 0.2) is 12.4 Å². The molecule has 0 saturated heterocycles. The third-order valence-electron chi connectivity index (χ3n) is 1.88. The standard InChI is InChI=1S/C8H15N5O2S/c1-9-7-5-11-6-8(13-7)12-3-4-16(14,15)10-2/h5-6,10H,3-4H2,1-2H3,(H2,9,12,13). The molecule has 0 amide bonds. The molecular weight excluding hydrogens is 230 g/mol. The van der Waals surface area contributed by atoms with Gasteiger partial charge in [0.15, 0.2) is 0 Å². The Balaban J connectivity index is 2.49. The minimum atomic E-state index is -3.18. The highest BCUT2D eigenvalue weighted by Crippen LogP contribution is 2.04. The Labute approximate surface area is 94.7 Å². The zero-order valence-electron chi connectivity index (χ0n) is 9.19. The van der Waals surface area contributed by atoms with Crippen molar-refractivity contribution in [3.63, 3.8) is 0 Å². The maximum absolute atomic E-state index is 11.1. The Morgan fingerprint density at radius 3 is 2.56 bits per heavy atom. The van der Waals surface area contributed by atoms with E-state index in [9.17, 15) is 8.42 Å². The molecule has 0 aliphatic rings. The zero-order chi connectivity index (χ0) is 12.0. The van der Waals surface area contributed by atoms with Gasteiger partial charge in [-0.3, -0.25) is 4.98 Å². The molecule has 16 heavy (non-hydrogen) atoms. The summed E-state index contributed by atoms with van der Waals surface area (Å²) in [4.78, 5) is 8.07. The molecule has 1 aromatic rings. The highest BCUT2D eigenvalue weighted by molar-refractivity contribution is 7.89. The van der Waals surface area contributed by atoms with Crippen LogP contribution in [-0.2, 0) is 10.0 Å². The molecule has 0 aliphatic carbocycles. The second-order valence-corrected chi connectivity index (χ2v) is 5.04. The molecule has 0 radical (unpaired) electrons. The van der Waals surface area contributed by atoms with Crippen LogP contribution in [0, 0.1) is 0 Å². The van der Waals surface area contributed by atoms with Gasteiger partial charge in [0.1, 0.15) is 11.6 Å². The fraction of sp³-hybridized carbons (Fsp3) is 0.500. The molecular formula is C8H15N5O2S. The van der Waals surface area contributed by atoms with Crippen LogP contribution in [0.3, 0.4) is 0 Å². The van der Waals surface area contributed by atoms with Crippen LogP contribution in [0.2, 0.25) is 0 Å². The number of rotatable bonds is 6. The predicted molar refractivity (Wildman–Crippen MR) is 62.9 cm³/mol. The van der Waals surface area contributed by atoms with Gasteiger partial charge >= 0.3 is 0 Å². The first-order valence-corrected chi connectivity index (χ1v) is 6.37. The summed E-state index contributed by atoms with van der Waals surface area (Å²) in [5.74, 6) is 1.16. The second kappa shape index (κ2) is 5.61. The lowest BCUT2D eigenvalue weighted by molar-refractivity contribution is 0.588. The minimum absolute atomic E-state index is 0.00500. The Morgan fingerprint density at radius 1 is 1.25 bits per heavy atom. The van der Waals surface area contributed by atoms with Crippen molar-refractivity contribution in [1.29, 1.82) is 0 Å². The Bertz CT molecular complexity index is 434. The van der Waals surface area contributed by atoms with Gasteiger partial charge < -0.3 is 10.6 Å². The first kappa shape index (κ1) is 12.7. The summed E-state index contributed by atoms with van der Waals surface area (Å²) in [6, 6.07) is 0. The van der Waals surface area contributed by atoms with Crippen molar-refractivity contribution in [3.8, 4) is 0 Å². The highest BCUT2D eigenvalue weighted by atomic mass is 32.2. The van der Waals surface area contributed by atoms with E-state index in [2.05, 4.69) is 25.3 Å². The smallest absolute Gasteiger partial charge is 0.213 e. The molecule has 7 nitrogen and oxygen atoms in total. The van der Waals surface area contributed by atoms with Crippen LogP contribution < -0.4 is 15.4 Å². The van der Waals surface area contributed by atoms with E-state index in [1.165, 1.54) is 13.2 Å². The molecule has 1 heterocycles. The summed E-state index contributed by atoms with van der Waals surface area (Å²) in [7, 11) is -0.0606. The van der Waals surface area contributed by atoms with E-state index in [4.69, 9.17) is 0 Å². The van der Waals surface area contributed by atoms with Crippen molar-refractivity contribution in [3.05, 3.63) is 12.4 Å². The van der Waals surface area contributed by atoms with Crippen molar-refractivity contribution in [2.24, 2.45) is 0 Å². The van der Waals surface area contributed by atoms with Crippen molar-refractivity contribution < 1.29 is 8.42 Å². The van der Waals surface area contributed by atoms with Gasteiger partial charge in [0, 0.05) is 13.6 Å². The molecule has 0 aliphatic heterocycles. The number of hydrogen-bond acceptors (Lipinski definition) is 6. The molecule has 0 unspecified atom stereocenters. The lowest BCUT2D eigenvalue weighted by Crippen LogP contribution is -2.26. The Hall–Kier alpha value is -1.41. The van der Waals surface area contributed by atoms with E-state index in [1.54, 1.807) is 13.2 Å². The molecule has 0 spiro atoms. The number of sulfonamides is 1. The minimum Gasteiger partial charge on any atom is -0.372 e. The zero-order valence-corrected chi connectivity index (χ0v) is 10.0. The van der Waals surface area contributed by atoms with E-state index >= 15 is 0 Å². The summed E-state index contributed by atoms with van der Waals surface area (Å²) in [5.41, 5.74) is 0. The van der Waals surface area contributed by atoms with Crippen LogP contribution in [0.25, 0.3) is 0 Å². The third-order valence-corrected chi connectivity index (χ3v) is 3.24. The second-order valence-electron chi connectivity index (χ2n) is 2.99. The molecule has 90 valence electrons. The number of nitrogens with one attached hydrogen (secondary N) is 3. The van der Waals surface area contributed by atoms with Gasteiger partial charge in [0.25, 0.3) is 0 Å². The number of nitrogens with zero attached hydrogens (tertiary/aromatic N) is 2. The molecule has 3 N–H and O–H groups in total. The van der Waals surface area contributed by atoms with Gasteiger partial charge in [0.2, 0.25) is 10.0 Å². The number of anilines is 2. The lowest BCUT2D eigenvalue weighted by atomic mass is 10.6. The fourth-order valence-electron chi connectivity index (χ4n) is 0.987. The summed E-state index contributed by atoms with van der Waals surface area (Å²) in [6.45, 7) is 0.283. The number of aromatic nitrogens is 2. The van der Waals surface area contributed by atoms with Crippen molar-refractivity contribution in [2.45, 2.75) is 0 Å². The number of hydrogen-bond donors (Lipinski definition) is 3. The molecule has 1 rings (SSSR count). The average molecular weight is 245 g/mol. The monoisotopic (exact) mass is 245 g/mol. The highest BCUT2D eigenvalue weighted by Gasteiger charge is 2.06. The van der Waals surface area contributed by atoms with Gasteiger partial charge in [-0.25, -0.2) is 18.1 Å². The maximum Gasteiger partial charge on any atom is 0.213 e. The first-order valence-electron chi connectivity index (χ1n) is 4.72. The predicted octanol–water partition coefficient (Wildman–Crippen LogP) is -0.521. The maximum atomic E-state index is 11.1. The van der Waals surface area contributed by atoms with Gasteiger partial charge in [-0.1, -0.05) is 0 Å². The van der Waals surface area contributed by atoms with Gasteiger partial charge in [-0.15, -0.1) is 0 Å². The normalized spacial score (nSPS) is 11.1. The molecule has 0 bridgehead atoms. The molecule has 0 fully saturated rings. The fourth-order valence-corrected chi connectivity index (χ4v) is 1.56. The molecule has 0 atom stereocenters. The van der Waals surface area contributed by atoms with E-state index in [-0.39, 0.29) is 12.3 Å². The molecule has 0 saturated carbocycles. The van der Waals surface area contributed by atoms with E-state index in [0.29, 0.717) is 11.6 Å². The van der Waals surface area contributed by atoms with Crippen LogP contribution >= 0.6 is 0 Å². The van der Waals surface area contributed by atoms with Crippen LogP contribution in [0.4, 0.5) is 11.6 Å². The lowest BCUT2D eigenvalue weighted by Gasteiger charge is -2.06. The average Bonchev–Trinajstić information content (AvgIpc) is 2.29. The summed E-state index contributed by atoms with van der Waals surface area (Å²) >= 11 is 0. The third kappa shape index (κ3) is 3.99. The van der Waals surface area contributed by atoms with Crippen molar-refractivity contribution >= 4 is 21.7 Å². The van der Waals surface area contributed by atoms with E-state index in [0.717, 1.165) is 0 Å². The Morgan fingerprint density at radius 2 is 1.94 bits per heavy atom. The van der Waals surface area contributed by atoms with Gasteiger partial charge in [-0.2, -0.15) is 0 Å².